The Morgan fingerprint density at radius 1 is 0.312 bits per heavy atom. The lowest BCUT2D eigenvalue weighted by Crippen LogP contribution is -2.30. The van der Waals surface area contributed by atoms with Gasteiger partial charge in [-0.05, 0) is 109 Å². The minimum Gasteiger partial charge on any atom is -0.462 e. The molecule has 96 heavy (non-hydrogen) atoms. The zero-order valence-corrected chi connectivity index (χ0v) is 62.1. The van der Waals surface area contributed by atoms with Crippen LogP contribution in [0, 0.1) is 0 Å². The quantitative estimate of drug-likeness (QED) is 0.0169. The van der Waals surface area contributed by atoms with Crippen LogP contribution in [0.4, 0.5) is 0 Å². The van der Waals surface area contributed by atoms with Crippen molar-refractivity contribution < 1.29 is 80.2 Å². The molecular formula is C77H134O17P2. The average Bonchev–Trinajstić information content (AvgIpc) is 1.14. The molecule has 0 aromatic rings. The summed E-state index contributed by atoms with van der Waals surface area (Å²) in [4.78, 5) is 72.7. The molecule has 0 rings (SSSR count). The highest BCUT2D eigenvalue weighted by atomic mass is 31.2. The molecule has 0 saturated heterocycles. The Morgan fingerprint density at radius 3 is 0.969 bits per heavy atom. The summed E-state index contributed by atoms with van der Waals surface area (Å²) in [6, 6.07) is 0. The Kier molecular flexibility index (Phi) is 66.6. The zero-order valence-electron chi connectivity index (χ0n) is 60.3. The summed E-state index contributed by atoms with van der Waals surface area (Å²) in [5.74, 6) is -2.33. The van der Waals surface area contributed by atoms with Crippen molar-refractivity contribution in [2.45, 2.75) is 329 Å². The fraction of sp³-hybridized carbons (Fsp3) is 0.740. The predicted octanol–water partition coefficient (Wildman–Crippen LogP) is 21.2. The molecule has 0 bridgehead atoms. The Balaban J connectivity index is 5.40. The lowest BCUT2D eigenvalue weighted by molar-refractivity contribution is -0.161. The minimum atomic E-state index is -4.99. The average molecular weight is 1390 g/mol. The monoisotopic (exact) mass is 1390 g/mol. The van der Waals surface area contributed by atoms with Gasteiger partial charge in [0.15, 0.2) is 12.2 Å². The second-order valence-electron chi connectivity index (χ2n) is 24.9. The van der Waals surface area contributed by atoms with Gasteiger partial charge in [0.1, 0.15) is 19.3 Å². The number of ether oxygens (including phenoxy) is 4. The van der Waals surface area contributed by atoms with Gasteiger partial charge in [-0.15, -0.1) is 0 Å². The van der Waals surface area contributed by atoms with Crippen molar-refractivity contribution in [2.24, 2.45) is 0 Å². The van der Waals surface area contributed by atoms with E-state index < -0.39 is 97.5 Å². The van der Waals surface area contributed by atoms with Crippen LogP contribution in [0.5, 0.6) is 0 Å². The molecule has 5 atom stereocenters. The Bertz CT molecular complexity index is 2200. The van der Waals surface area contributed by atoms with E-state index >= 15 is 0 Å². The van der Waals surface area contributed by atoms with Crippen LogP contribution in [0.25, 0.3) is 0 Å². The third-order valence-electron chi connectivity index (χ3n) is 15.6. The highest BCUT2D eigenvalue weighted by Crippen LogP contribution is 2.45. The molecular weight excluding hydrogens is 1260 g/mol. The van der Waals surface area contributed by atoms with Crippen LogP contribution in [0.15, 0.2) is 97.2 Å². The van der Waals surface area contributed by atoms with Crippen LogP contribution in [-0.2, 0) is 65.4 Å². The number of hydrogen-bond acceptors (Lipinski definition) is 15. The summed E-state index contributed by atoms with van der Waals surface area (Å²) >= 11 is 0. The van der Waals surface area contributed by atoms with Crippen LogP contribution in [-0.4, -0.2) is 96.7 Å². The fourth-order valence-electron chi connectivity index (χ4n) is 9.85. The summed E-state index contributed by atoms with van der Waals surface area (Å²) < 4.78 is 68.3. The first kappa shape index (κ1) is 92.0. The number of hydrogen-bond donors (Lipinski definition) is 3. The van der Waals surface area contributed by atoms with E-state index in [9.17, 15) is 43.2 Å². The largest absolute Gasteiger partial charge is 0.472 e. The highest BCUT2D eigenvalue weighted by molar-refractivity contribution is 7.47. The molecule has 5 unspecified atom stereocenters. The van der Waals surface area contributed by atoms with Crippen molar-refractivity contribution in [1.29, 1.82) is 0 Å². The van der Waals surface area contributed by atoms with Crippen molar-refractivity contribution in [2.75, 3.05) is 39.6 Å². The first-order chi connectivity index (χ1) is 46.7. The molecule has 19 heteroatoms. The molecule has 0 amide bonds. The maximum absolute atomic E-state index is 13.1. The number of aliphatic hydroxyl groups excluding tert-OH is 1. The summed E-state index contributed by atoms with van der Waals surface area (Å²) in [7, 11) is -9.97. The lowest BCUT2D eigenvalue weighted by Gasteiger charge is -2.21. The van der Waals surface area contributed by atoms with Crippen molar-refractivity contribution in [3.63, 3.8) is 0 Å². The lowest BCUT2D eigenvalue weighted by atomic mass is 10.0. The molecule has 0 radical (unpaired) electrons. The van der Waals surface area contributed by atoms with Crippen LogP contribution in [0.1, 0.15) is 310 Å². The van der Waals surface area contributed by atoms with Gasteiger partial charge in [-0.2, -0.15) is 0 Å². The molecule has 0 aliphatic rings. The first-order valence-electron chi connectivity index (χ1n) is 37.5. The van der Waals surface area contributed by atoms with Gasteiger partial charge in [0.05, 0.1) is 32.8 Å². The molecule has 3 N–H and O–H groups in total. The van der Waals surface area contributed by atoms with Crippen molar-refractivity contribution in [3.05, 3.63) is 97.2 Å². The minimum absolute atomic E-state index is 0.0690. The summed E-state index contributed by atoms with van der Waals surface area (Å²) in [5, 5.41) is 10.6. The molecule has 0 saturated carbocycles. The third-order valence-corrected chi connectivity index (χ3v) is 17.5. The summed E-state index contributed by atoms with van der Waals surface area (Å²) in [6.45, 7) is 4.59. The molecule has 554 valence electrons. The van der Waals surface area contributed by atoms with Gasteiger partial charge in [-0.25, -0.2) is 9.13 Å². The van der Waals surface area contributed by atoms with Gasteiger partial charge >= 0.3 is 39.5 Å². The molecule has 0 aromatic heterocycles. The van der Waals surface area contributed by atoms with Crippen LogP contribution < -0.4 is 0 Å². The number of rotatable bonds is 70. The topological polar surface area (TPSA) is 237 Å². The molecule has 0 fully saturated rings. The van der Waals surface area contributed by atoms with E-state index in [1.165, 1.54) is 96.3 Å². The van der Waals surface area contributed by atoms with E-state index in [-0.39, 0.29) is 25.7 Å². The van der Waals surface area contributed by atoms with E-state index in [0.717, 1.165) is 135 Å². The zero-order chi connectivity index (χ0) is 70.4. The van der Waals surface area contributed by atoms with Gasteiger partial charge in [0, 0.05) is 19.3 Å². The highest BCUT2D eigenvalue weighted by Gasteiger charge is 2.30. The smallest absolute Gasteiger partial charge is 0.462 e. The molecule has 0 spiro atoms. The number of carbonyl (C=O) groups excluding carboxylic acids is 4. The fourth-order valence-corrected chi connectivity index (χ4v) is 11.4. The van der Waals surface area contributed by atoms with Gasteiger partial charge < -0.3 is 33.8 Å². The number of phosphoric ester groups is 2. The third kappa shape index (κ3) is 68.5. The maximum Gasteiger partial charge on any atom is 0.472 e. The van der Waals surface area contributed by atoms with E-state index in [0.29, 0.717) is 25.7 Å². The van der Waals surface area contributed by atoms with Gasteiger partial charge in [-0.1, -0.05) is 273 Å². The molecule has 0 aliphatic carbocycles. The number of carbonyl (C=O) groups is 4. The van der Waals surface area contributed by atoms with E-state index in [2.05, 4.69) is 101 Å². The SMILES string of the molecule is CC/C=C\C/C=C\C/C=C\C/C=C\C/C=C\CC(=O)OCC(COP(=O)(O)OCC(O)COP(=O)(O)OCC(COC(=O)CCCCCCC/C=C\C/C=C\CCCCC)OC(=O)CCCCCCC/C=C\CCCCCC)OC(=O)CCCCCCCCCCCCCCC. The Hall–Kier alpha value is -4.02. The molecule has 0 heterocycles. The first-order valence-corrected chi connectivity index (χ1v) is 40.5. The number of unbranched alkanes of at least 4 members (excludes halogenated alkanes) is 29. The van der Waals surface area contributed by atoms with Crippen molar-refractivity contribution >= 4 is 39.5 Å². The second kappa shape index (κ2) is 69.5. The van der Waals surface area contributed by atoms with Crippen molar-refractivity contribution in [3.8, 4) is 0 Å². The summed E-state index contributed by atoms with van der Waals surface area (Å²) in [6.07, 6.45) is 71.5. The Labute approximate surface area is 582 Å². The Morgan fingerprint density at radius 2 is 0.583 bits per heavy atom. The predicted molar refractivity (Wildman–Crippen MR) is 390 cm³/mol. The van der Waals surface area contributed by atoms with E-state index in [1.54, 1.807) is 6.08 Å². The number of esters is 4. The maximum atomic E-state index is 13.1. The standard InChI is InChI=1S/C77H134O17P2/c1-5-9-13-17-21-25-29-33-35-39-41-45-49-53-57-61-74(79)87-67-72(93-76(81)63-59-55-51-47-43-37-31-27-23-19-15-11-7-3)69-91-95(83,84)89-65-71(78)66-90-96(85,86)92-70-73(94-77(82)64-60-56-52-48-44-38-32-28-24-20-16-12-8-4)68-88-75(80)62-58-54-50-46-42-40-36-34-30-26-22-18-14-10-6-2/h9,13,21-22,25-26,28,32-36,41,45,53,57,71-73,78H,5-8,10-12,14-20,23-24,27,29-31,37-40,42-44,46-52,54-56,58-70H2,1-4H3,(H,83,84)(H,85,86)/b13-9-,25-21-,26-22-,32-28-,35-33-,36-34-,45-41-,57-53-. The molecule has 0 aliphatic heterocycles. The van der Waals surface area contributed by atoms with Crippen LogP contribution in [0.2, 0.25) is 0 Å². The van der Waals surface area contributed by atoms with Crippen LogP contribution >= 0.6 is 15.6 Å². The normalized spacial score (nSPS) is 14.5. The summed E-state index contributed by atoms with van der Waals surface area (Å²) in [5.41, 5.74) is 0. The van der Waals surface area contributed by atoms with Crippen molar-refractivity contribution in [1.82, 2.24) is 0 Å². The number of aliphatic hydroxyl groups is 1. The number of phosphoric acid groups is 2. The van der Waals surface area contributed by atoms with Gasteiger partial charge in [-0.3, -0.25) is 37.3 Å². The van der Waals surface area contributed by atoms with E-state index in [1.807, 2.05) is 18.2 Å². The number of allylic oxidation sites excluding steroid dienone is 15. The van der Waals surface area contributed by atoms with E-state index in [4.69, 9.17) is 37.0 Å². The van der Waals surface area contributed by atoms with Gasteiger partial charge in [0.25, 0.3) is 0 Å². The second-order valence-corrected chi connectivity index (χ2v) is 27.8. The van der Waals surface area contributed by atoms with Crippen LogP contribution in [0.3, 0.4) is 0 Å². The van der Waals surface area contributed by atoms with Gasteiger partial charge in [0.2, 0.25) is 0 Å². The molecule has 17 nitrogen and oxygen atoms in total. The molecule has 0 aromatic carbocycles.